The second-order valence-corrected chi connectivity index (χ2v) is 7.32. The molecule has 0 spiro atoms. The average Bonchev–Trinajstić information content (AvgIpc) is 2.86. The lowest BCUT2D eigenvalue weighted by atomic mass is 10.2. The summed E-state index contributed by atoms with van der Waals surface area (Å²) in [5.41, 5.74) is 1.23. The zero-order chi connectivity index (χ0) is 17.8. The molecule has 2 aromatic carbocycles. The molecule has 3 rings (SSSR count). The van der Waals surface area contributed by atoms with Crippen LogP contribution in [0.3, 0.4) is 0 Å². The van der Waals surface area contributed by atoms with Gasteiger partial charge >= 0.3 is 0 Å². The van der Waals surface area contributed by atoms with Crippen molar-refractivity contribution in [3.8, 4) is 0 Å². The Morgan fingerprint density at radius 1 is 1.16 bits per heavy atom. The van der Waals surface area contributed by atoms with Gasteiger partial charge in [0, 0.05) is 22.2 Å². The number of aliphatic imine (C=N–C) groups is 1. The van der Waals surface area contributed by atoms with Crippen LogP contribution in [0.25, 0.3) is 0 Å². The number of nitrogens with one attached hydrogen (secondary N) is 2. The van der Waals surface area contributed by atoms with Crippen LogP contribution in [0.15, 0.2) is 53.5 Å². The molecule has 1 fully saturated rings. The number of amides is 2. The van der Waals surface area contributed by atoms with E-state index in [4.69, 9.17) is 23.2 Å². The highest BCUT2D eigenvalue weighted by molar-refractivity contribution is 8.15. The number of rotatable bonds is 4. The van der Waals surface area contributed by atoms with Crippen LogP contribution in [0.1, 0.15) is 6.42 Å². The van der Waals surface area contributed by atoms with E-state index in [0.29, 0.717) is 20.9 Å². The molecule has 0 radical (unpaired) electrons. The molecule has 8 heteroatoms. The number of nitrogens with zero attached hydrogens (tertiary/aromatic N) is 1. The van der Waals surface area contributed by atoms with Crippen molar-refractivity contribution < 1.29 is 9.59 Å². The van der Waals surface area contributed by atoms with Crippen LogP contribution >= 0.6 is 35.0 Å². The van der Waals surface area contributed by atoms with Gasteiger partial charge in [0.2, 0.25) is 11.8 Å². The maximum atomic E-state index is 12.2. The van der Waals surface area contributed by atoms with E-state index in [9.17, 15) is 9.59 Å². The van der Waals surface area contributed by atoms with Crippen molar-refractivity contribution in [3.63, 3.8) is 0 Å². The Labute approximate surface area is 158 Å². The normalized spacial score (nSPS) is 18.2. The minimum absolute atomic E-state index is 0.0223. The van der Waals surface area contributed by atoms with Crippen LogP contribution in [-0.4, -0.2) is 22.2 Å². The Balaban J connectivity index is 1.62. The van der Waals surface area contributed by atoms with Crippen LogP contribution in [0.5, 0.6) is 0 Å². The number of para-hydroxylation sites is 1. The molecule has 25 heavy (non-hydrogen) atoms. The lowest BCUT2D eigenvalue weighted by Crippen LogP contribution is -2.28. The van der Waals surface area contributed by atoms with Crippen molar-refractivity contribution >= 4 is 63.3 Å². The number of carbonyl (C=O) groups excluding carboxylic acids is 2. The van der Waals surface area contributed by atoms with Gasteiger partial charge in [0.05, 0.1) is 5.69 Å². The summed E-state index contributed by atoms with van der Waals surface area (Å²) in [5.74, 6) is -0.536. The van der Waals surface area contributed by atoms with Gasteiger partial charge < -0.3 is 10.6 Å². The molecule has 1 heterocycles. The highest BCUT2D eigenvalue weighted by atomic mass is 35.5. The predicted octanol–water partition coefficient (Wildman–Crippen LogP) is 4.24. The molecule has 128 valence electrons. The van der Waals surface area contributed by atoms with Crippen molar-refractivity contribution in [1.82, 2.24) is 5.32 Å². The molecule has 1 atom stereocenters. The third-order valence-electron chi connectivity index (χ3n) is 3.28. The molecule has 1 aliphatic heterocycles. The molecule has 1 saturated heterocycles. The van der Waals surface area contributed by atoms with E-state index in [1.54, 1.807) is 18.2 Å². The summed E-state index contributed by atoms with van der Waals surface area (Å²) >= 11 is 13.0. The second kappa shape index (κ2) is 7.91. The summed E-state index contributed by atoms with van der Waals surface area (Å²) in [6.45, 7) is 0. The van der Waals surface area contributed by atoms with E-state index >= 15 is 0 Å². The fourth-order valence-electron chi connectivity index (χ4n) is 2.22. The summed E-state index contributed by atoms with van der Waals surface area (Å²) < 4.78 is 0. The Kier molecular flexibility index (Phi) is 5.63. The van der Waals surface area contributed by atoms with Crippen molar-refractivity contribution in [1.29, 1.82) is 0 Å². The molecule has 0 unspecified atom stereocenters. The number of amidine groups is 1. The smallest absolute Gasteiger partial charge is 0.240 e. The minimum Gasteiger partial charge on any atom is -0.326 e. The number of hydrogen-bond acceptors (Lipinski definition) is 4. The summed E-state index contributed by atoms with van der Waals surface area (Å²) in [5, 5.41) is 6.19. The van der Waals surface area contributed by atoms with Crippen LogP contribution in [0.4, 0.5) is 11.4 Å². The molecular formula is C17H13Cl2N3O2S. The molecule has 0 saturated carbocycles. The van der Waals surface area contributed by atoms with Gasteiger partial charge in [-0.2, -0.15) is 0 Å². The van der Waals surface area contributed by atoms with Gasteiger partial charge in [-0.05, 0) is 30.3 Å². The van der Waals surface area contributed by atoms with Crippen LogP contribution in [0.2, 0.25) is 10.0 Å². The lowest BCUT2D eigenvalue weighted by molar-refractivity contribution is -0.122. The summed E-state index contributed by atoms with van der Waals surface area (Å²) in [4.78, 5) is 28.6. The standard InChI is InChI=1S/C17H13Cl2N3O2S/c18-10-6-11(19)8-13(7-10)20-15(23)9-14-16(24)22-17(25-14)21-12-4-2-1-3-5-12/h1-8,14H,9H2,(H,20,23)(H,21,22,24)/t14-/m0/s1. The van der Waals surface area contributed by atoms with Crippen LogP contribution in [0, 0.1) is 0 Å². The summed E-state index contributed by atoms with van der Waals surface area (Å²) in [6, 6.07) is 14.0. The van der Waals surface area contributed by atoms with Gasteiger partial charge in [-0.1, -0.05) is 53.2 Å². The third-order valence-corrected chi connectivity index (χ3v) is 4.80. The van der Waals surface area contributed by atoms with E-state index in [1.165, 1.54) is 11.8 Å². The SMILES string of the molecule is O=C(C[C@@H]1SC(=Nc2ccccc2)NC1=O)Nc1cc(Cl)cc(Cl)c1. The maximum absolute atomic E-state index is 12.2. The first-order chi connectivity index (χ1) is 12.0. The monoisotopic (exact) mass is 393 g/mol. The van der Waals surface area contributed by atoms with E-state index in [0.717, 1.165) is 5.69 Å². The Bertz CT molecular complexity index is 823. The largest absolute Gasteiger partial charge is 0.326 e. The second-order valence-electron chi connectivity index (χ2n) is 5.26. The zero-order valence-electron chi connectivity index (χ0n) is 12.8. The molecule has 1 aliphatic rings. The average molecular weight is 394 g/mol. The molecule has 0 aliphatic carbocycles. The molecule has 5 nitrogen and oxygen atoms in total. The highest BCUT2D eigenvalue weighted by Gasteiger charge is 2.32. The molecule has 2 amide bonds. The van der Waals surface area contributed by atoms with Gasteiger partial charge in [-0.25, -0.2) is 4.99 Å². The molecular weight excluding hydrogens is 381 g/mol. The highest BCUT2D eigenvalue weighted by Crippen LogP contribution is 2.26. The number of anilines is 1. The Hall–Kier alpha value is -2.02. The first kappa shape index (κ1) is 17.8. The van der Waals surface area contributed by atoms with E-state index < -0.39 is 5.25 Å². The first-order valence-corrected chi connectivity index (χ1v) is 9.00. The number of carbonyl (C=O) groups is 2. The van der Waals surface area contributed by atoms with Gasteiger partial charge in [0.1, 0.15) is 5.25 Å². The van der Waals surface area contributed by atoms with E-state index in [-0.39, 0.29) is 18.2 Å². The van der Waals surface area contributed by atoms with Crippen LogP contribution in [-0.2, 0) is 9.59 Å². The number of benzene rings is 2. The Morgan fingerprint density at radius 2 is 1.84 bits per heavy atom. The summed E-state index contributed by atoms with van der Waals surface area (Å²) in [6.07, 6.45) is 0.0223. The molecule has 0 aromatic heterocycles. The van der Waals surface area contributed by atoms with Gasteiger partial charge in [0.25, 0.3) is 0 Å². The van der Waals surface area contributed by atoms with Crippen LogP contribution < -0.4 is 10.6 Å². The number of hydrogen-bond donors (Lipinski definition) is 2. The Morgan fingerprint density at radius 3 is 2.52 bits per heavy atom. The molecule has 0 bridgehead atoms. The fraction of sp³-hybridized carbons (Fsp3) is 0.118. The maximum Gasteiger partial charge on any atom is 0.240 e. The zero-order valence-corrected chi connectivity index (χ0v) is 15.2. The van der Waals surface area contributed by atoms with Crippen molar-refractivity contribution in [2.45, 2.75) is 11.7 Å². The fourth-order valence-corrected chi connectivity index (χ4v) is 3.73. The minimum atomic E-state index is -0.530. The topological polar surface area (TPSA) is 70.6 Å². The molecule has 2 aromatic rings. The number of halogens is 2. The van der Waals surface area contributed by atoms with Gasteiger partial charge in [-0.3, -0.25) is 9.59 Å². The van der Waals surface area contributed by atoms with Gasteiger partial charge in [0.15, 0.2) is 5.17 Å². The quantitative estimate of drug-likeness (QED) is 0.815. The van der Waals surface area contributed by atoms with E-state index in [2.05, 4.69) is 15.6 Å². The molecule has 2 N–H and O–H groups in total. The lowest BCUT2D eigenvalue weighted by Gasteiger charge is -2.08. The van der Waals surface area contributed by atoms with Crippen molar-refractivity contribution in [3.05, 3.63) is 58.6 Å². The van der Waals surface area contributed by atoms with Crippen molar-refractivity contribution in [2.24, 2.45) is 4.99 Å². The van der Waals surface area contributed by atoms with Gasteiger partial charge in [-0.15, -0.1) is 0 Å². The van der Waals surface area contributed by atoms with Crippen molar-refractivity contribution in [2.75, 3.05) is 5.32 Å². The first-order valence-electron chi connectivity index (χ1n) is 7.37. The summed E-state index contributed by atoms with van der Waals surface area (Å²) in [7, 11) is 0. The van der Waals surface area contributed by atoms with E-state index in [1.807, 2.05) is 30.3 Å². The predicted molar refractivity (Wildman–Crippen MR) is 103 cm³/mol. The third kappa shape index (κ3) is 4.98. The number of thioether (sulfide) groups is 1.